The fourth-order valence-corrected chi connectivity index (χ4v) is 3.36. The van der Waals surface area contributed by atoms with E-state index in [0.717, 1.165) is 22.4 Å². The zero-order chi connectivity index (χ0) is 21.5. The summed E-state index contributed by atoms with van der Waals surface area (Å²) < 4.78 is 22.7. The molecule has 0 aliphatic carbocycles. The molecule has 154 valence electrons. The molecule has 30 heavy (non-hydrogen) atoms. The lowest BCUT2D eigenvalue weighted by molar-refractivity contribution is 0.284. The first-order valence-corrected chi connectivity index (χ1v) is 9.45. The van der Waals surface area contributed by atoms with E-state index < -0.39 is 0 Å². The van der Waals surface area contributed by atoms with Gasteiger partial charge in [-0.25, -0.2) is 0 Å². The quantitative estimate of drug-likeness (QED) is 0.538. The SMILES string of the molecule is C#Cc1c(-c2ccc(OC)c(OC)c2NC)ccc(OC)c1OCc1ccccc1. The molecule has 0 heterocycles. The van der Waals surface area contributed by atoms with Crippen LogP contribution < -0.4 is 24.3 Å². The molecule has 0 aliphatic rings. The van der Waals surface area contributed by atoms with Crippen LogP contribution in [0.4, 0.5) is 5.69 Å². The maximum atomic E-state index is 6.13. The van der Waals surface area contributed by atoms with Crippen LogP contribution in [-0.4, -0.2) is 28.4 Å². The van der Waals surface area contributed by atoms with E-state index in [1.165, 1.54) is 0 Å². The maximum Gasteiger partial charge on any atom is 0.184 e. The van der Waals surface area contributed by atoms with Crippen LogP contribution >= 0.6 is 0 Å². The van der Waals surface area contributed by atoms with Crippen molar-refractivity contribution in [3.8, 4) is 46.5 Å². The minimum atomic E-state index is 0.375. The van der Waals surface area contributed by atoms with Crippen molar-refractivity contribution >= 4 is 5.69 Å². The van der Waals surface area contributed by atoms with Crippen LogP contribution in [0.15, 0.2) is 54.6 Å². The number of hydrogen-bond donors (Lipinski definition) is 1. The van der Waals surface area contributed by atoms with Gasteiger partial charge in [-0.2, -0.15) is 0 Å². The molecular weight excluding hydrogens is 378 g/mol. The van der Waals surface area contributed by atoms with Crippen molar-refractivity contribution in [2.75, 3.05) is 33.7 Å². The summed E-state index contributed by atoms with van der Waals surface area (Å²) in [5.74, 6) is 5.12. The summed E-state index contributed by atoms with van der Waals surface area (Å²) in [5.41, 5.74) is 4.11. The number of ether oxygens (including phenoxy) is 4. The Morgan fingerprint density at radius 1 is 0.800 bits per heavy atom. The highest BCUT2D eigenvalue weighted by Gasteiger charge is 2.21. The maximum absolute atomic E-state index is 6.13. The molecule has 3 aromatic rings. The third-order valence-corrected chi connectivity index (χ3v) is 4.80. The molecule has 0 radical (unpaired) electrons. The second-order valence-corrected chi connectivity index (χ2v) is 6.41. The minimum absolute atomic E-state index is 0.375. The zero-order valence-electron chi connectivity index (χ0n) is 17.6. The third-order valence-electron chi connectivity index (χ3n) is 4.80. The van der Waals surface area contributed by atoms with Crippen LogP contribution in [-0.2, 0) is 6.61 Å². The summed E-state index contributed by atoms with van der Waals surface area (Å²) in [6.45, 7) is 0.375. The molecule has 3 rings (SSSR count). The average molecular weight is 403 g/mol. The molecule has 0 saturated carbocycles. The Morgan fingerprint density at radius 3 is 2.00 bits per heavy atom. The lowest BCUT2D eigenvalue weighted by atomic mass is 9.96. The number of anilines is 1. The van der Waals surface area contributed by atoms with Gasteiger partial charge in [0.05, 0.1) is 32.6 Å². The summed E-state index contributed by atoms with van der Waals surface area (Å²) in [6.07, 6.45) is 5.94. The summed E-state index contributed by atoms with van der Waals surface area (Å²) >= 11 is 0. The van der Waals surface area contributed by atoms with Crippen LogP contribution in [0.3, 0.4) is 0 Å². The van der Waals surface area contributed by atoms with Crippen molar-refractivity contribution in [2.24, 2.45) is 0 Å². The molecule has 0 aromatic heterocycles. The van der Waals surface area contributed by atoms with Crippen LogP contribution in [0.25, 0.3) is 11.1 Å². The molecule has 5 nitrogen and oxygen atoms in total. The Labute approximate surface area is 177 Å². The topological polar surface area (TPSA) is 49.0 Å². The Hall–Kier alpha value is -3.78. The van der Waals surface area contributed by atoms with E-state index in [1.54, 1.807) is 21.3 Å². The molecule has 1 N–H and O–H groups in total. The molecule has 0 aliphatic heterocycles. The number of methoxy groups -OCH3 is 3. The Balaban J connectivity index is 2.14. The van der Waals surface area contributed by atoms with Gasteiger partial charge in [0.2, 0.25) is 0 Å². The first-order valence-electron chi connectivity index (χ1n) is 9.45. The molecule has 0 bridgehead atoms. The summed E-state index contributed by atoms with van der Waals surface area (Å²) in [6, 6.07) is 17.5. The van der Waals surface area contributed by atoms with Crippen LogP contribution in [0.1, 0.15) is 11.1 Å². The van der Waals surface area contributed by atoms with Crippen molar-refractivity contribution in [2.45, 2.75) is 6.61 Å². The van der Waals surface area contributed by atoms with Gasteiger partial charge in [0.25, 0.3) is 0 Å². The van der Waals surface area contributed by atoms with Crippen LogP contribution in [0.5, 0.6) is 23.0 Å². The second kappa shape index (κ2) is 9.62. The van der Waals surface area contributed by atoms with Crippen LogP contribution in [0, 0.1) is 12.3 Å². The van der Waals surface area contributed by atoms with Gasteiger partial charge in [0.1, 0.15) is 6.61 Å². The predicted molar refractivity (Wildman–Crippen MR) is 120 cm³/mol. The molecule has 0 atom stereocenters. The Bertz CT molecular complexity index is 1050. The van der Waals surface area contributed by atoms with Crippen molar-refractivity contribution < 1.29 is 18.9 Å². The van der Waals surface area contributed by atoms with E-state index in [2.05, 4.69) is 11.2 Å². The zero-order valence-corrected chi connectivity index (χ0v) is 17.6. The fraction of sp³-hybridized carbons (Fsp3) is 0.200. The number of terminal acetylenes is 1. The molecule has 0 fully saturated rings. The van der Waals surface area contributed by atoms with Crippen molar-refractivity contribution in [1.82, 2.24) is 0 Å². The molecule has 0 unspecified atom stereocenters. The molecule has 0 amide bonds. The van der Waals surface area contributed by atoms with Gasteiger partial charge in [0.15, 0.2) is 23.0 Å². The van der Waals surface area contributed by atoms with Gasteiger partial charge in [-0.05, 0) is 29.8 Å². The summed E-state index contributed by atoms with van der Waals surface area (Å²) in [5, 5.41) is 3.20. The van der Waals surface area contributed by atoms with Gasteiger partial charge in [-0.1, -0.05) is 36.3 Å². The molecule has 5 heteroatoms. The molecule has 0 saturated heterocycles. The number of benzene rings is 3. The van der Waals surface area contributed by atoms with E-state index in [4.69, 9.17) is 25.4 Å². The minimum Gasteiger partial charge on any atom is -0.493 e. The average Bonchev–Trinajstić information content (AvgIpc) is 2.81. The number of hydrogen-bond acceptors (Lipinski definition) is 5. The monoisotopic (exact) mass is 403 g/mol. The van der Waals surface area contributed by atoms with Crippen molar-refractivity contribution in [3.05, 3.63) is 65.7 Å². The van der Waals surface area contributed by atoms with E-state index in [-0.39, 0.29) is 0 Å². The summed E-state index contributed by atoms with van der Waals surface area (Å²) in [7, 11) is 6.63. The normalized spacial score (nSPS) is 10.1. The lowest BCUT2D eigenvalue weighted by Gasteiger charge is -2.20. The van der Waals surface area contributed by atoms with Gasteiger partial charge in [0, 0.05) is 18.2 Å². The van der Waals surface area contributed by atoms with Gasteiger partial charge in [-0.3, -0.25) is 0 Å². The highest BCUT2D eigenvalue weighted by atomic mass is 16.5. The number of nitrogens with one attached hydrogen (secondary N) is 1. The van der Waals surface area contributed by atoms with Crippen molar-refractivity contribution in [1.29, 1.82) is 0 Å². The largest absolute Gasteiger partial charge is 0.493 e. The smallest absolute Gasteiger partial charge is 0.184 e. The van der Waals surface area contributed by atoms with E-state index in [1.807, 2.05) is 61.6 Å². The predicted octanol–water partition coefficient (Wildman–Crippen LogP) is 4.98. The second-order valence-electron chi connectivity index (χ2n) is 6.41. The van der Waals surface area contributed by atoms with E-state index >= 15 is 0 Å². The van der Waals surface area contributed by atoms with E-state index in [9.17, 15) is 0 Å². The Morgan fingerprint density at radius 2 is 1.43 bits per heavy atom. The standard InChI is InChI=1S/C25H25NO4/c1-6-18-19(20-13-15-22(28-4)25(29-5)23(20)26-2)12-14-21(27-3)24(18)30-16-17-10-8-7-9-11-17/h1,7-15,26H,16H2,2-5H3. The van der Waals surface area contributed by atoms with Crippen LogP contribution in [0.2, 0.25) is 0 Å². The highest BCUT2D eigenvalue weighted by molar-refractivity contribution is 5.89. The van der Waals surface area contributed by atoms with Gasteiger partial charge < -0.3 is 24.3 Å². The lowest BCUT2D eigenvalue weighted by Crippen LogP contribution is -2.03. The number of rotatable bonds is 8. The van der Waals surface area contributed by atoms with E-state index in [0.29, 0.717) is 35.2 Å². The third kappa shape index (κ3) is 3.99. The Kier molecular flexibility index (Phi) is 6.71. The first kappa shape index (κ1) is 20.9. The highest BCUT2D eigenvalue weighted by Crippen LogP contribution is 2.46. The molecular formula is C25H25NO4. The van der Waals surface area contributed by atoms with Crippen molar-refractivity contribution in [3.63, 3.8) is 0 Å². The molecule has 0 spiro atoms. The molecule has 3 aromatic carbocycles. The first-order chi connectivity index (χ1) is 14.7. The fourth-order valence-electron chi connectivity index (χ4n) is 3.36. The van der Waals surface area contributed by atoms with Gasteiger partial charge in [-0.15, -0.1) is 6.42 Å². The van der Waals surface area contributed by atoms with Gasteiger partial charge >= 0.3 is 0 Å². The summed E-state index contributed by atoms with van der Waals surface area (Å²) in [4.78, 5) is 0.